The van der Waals surface area contributed by atoms with E-state index in [1.807, 2.05) is 11.3 Å². The van der Waals surface area contributed by atoms with Crippen LogP contribution in [0.3, 0.4) is 0 Å². The van der Waals surface area contributed by atoms with Gasteiger partial charge in [-0.15, -0.1) is 11.3 Å². The minimum Gasteiger partial charge on any atom is -0.135 e. The molecule has 0 saturated heterocycles. The van der Waals surface area contributed by atoms with Gasteiger partial charge in [-0.05, 0) is 84.0 Å². The molecule has 0 atom stereocenters. The van der Waals surface area contributed by atoms with Gasteiger partial charge in [-0.3, -0.25) is 0 Å². The van der Waals surface area contributed by atoms with Crippen molar-refractivity contribution >= 4 is 74.6 Å². The molecule has 0 amide bonds. The van der Waals surface area contributed by atoms with Gasteiger partial charge >= 0.3 is 0 Å². The first-order valence-electron chi connectivity index (χ1n) is 14.1. The summed E-state index contributed by atoms with van der Waals surface area (Å²) < 4.78 is 2.69. The lowest BCUT2D eigenvalue weighted by Crippen LogP contribution is -1.89. The van der Waals surface area contributed by atoms with Gasteiger partial charge in [0.05, 0.1) is 0 Å². The molecule has 1 heteroatoms. The van der Waals surface area contributed by atoms with Crippen molar-refractivity contribution in [2.24, 2.45) is 0 Å². The Bertz CT molecular complexity index is 2480. The van der Waals surface area contributed by atoms with Gasteiger partial charge in [-0.25, -0.2) is 0 Å². The van der Waals surface area contributed by atoms with Crippen LogP contribution in [0, 0.1) is 0 Å². The zero-order chi connectivity index (χ0) is 26.9. The highest BCUT2D eigenvalue weighted by Crippen LogP contribution is 2.45. The van der Waals surface area contributed by atoms with Crippen LogP contribution < -0.4 is 0 Å². The van der Waals surface area contributed by atoms with E-state index in [0.717, 1.165) is 0 Å². The molecule has 0 spiro atoms. The Labute approximate surface area is 241 Å². The van der Waals surface area contributed by atoms with Gasteiger partial charge in [-0.2, -0.15) is 0 Å². The molecular formula is C40H24S. The third kappa shape index (κ3) is 3.40. The van der Waals surface area contributed by atoms with Crippen molar-refractivity contribution in [2.45, 2.75) is 0 Å². The summed E-state index contributed by atoms with van der Waals surface area (Å²) in [5, 5.41) is 13.0. The average Bonchev–Trinajstić information content (AvgIpc) is 3.43. The normalized spacial score (nSPS) is 11.9. The zero-order valence-electron chi connectivity index (χ0n) is 22.3. The number of benzene rings is 8. The van der Waals surface area contributed by atoms with Crippen LogP contribution in [-0.4, -0.2) is 0 Å². The second-order valence-corrected chi connectivity index (χ2v) is 11.9. The molecule has 9 rings (SSSR count). The molecule has 0 nitrogen and oxygen atoms in total. The largest absolute Gasteiger partial charge is 0.135 e. The third-order valence-electron chi connectivity index (χ3n) is 8.62. The molecule has 9 aromatic rings. The fourth-order valence-corrected chi connectivity index (χ4v) is 7.99. The highest BCUT2D eigenvalue weighted by atomic mass is 32.1. The minimum atomic E-state index is 1.25. The van der Waals surface area contributed by atoms with Crippen molar-refractivity contribution in [2.75, 3.05) is 0 Å². The lowest BCUT2D eigenvalue weighted by Gasteiger charge is -2.16. The Kier molecular flexibility index (Phi) is 4.87. The van der Waals surface area contributed by atoms with Crippen molar-refractivity contribution < 1.29 is 0 Å². The van der Waals surface area contributed by atoms with Gasteiger partial charge in [-0.1, -0.05) is 121 Å². The number of fused-ring (bicyclic) bond motifs is 9. The van der Waals surface area contributed by atoms with Crippen LogP contribution in [-0.2, 0) is 0 Å². The quantitative estimate of drug-likeness (QED) is 0.193. The lowest BCUT2D eigenvalue weighted by atomic mass is 9.87. The maximum atomic E-state index is 2.44. The SMILES string of the molecule is c1ccc2cc(-c3cc4cc(-c5cccc6c5sc5ccccc56)c5ccccc5c4c4ccccc34)ccc2c1. The van der Waals surface area contributed by atoms with Gasteiger partial charge in [0.2, 0.25) is 0 Å². The number of hydrogen-bond donors (Lipinski definition) is 0. The predicted octanol–water partition coefficient (Wildman–Crippen LogP) is 12.0. The van der Waals surface area contributed by atoms with Crippen LogP contribution in [0.4, 0.5) is 0 Å². The molecule has 190 valence electrons. The molecule has 41 heavy (non-hydrogen) atoms. The molecule has 0 aliphatic heterocycles. The van der Waals surface area contributed by atoms with Gasteiger partial charge in [0, 0.05) is 25.7 Å². The van der Waals surface area contributed by atoms with Crippen molar-refractivity contribution in [3.63, 3.8) is 0 Å². The van der Waals surface area contributed by atoms with Gasteiger partial charge in [0.1, 0.15) is 0 Å². The van der Waals surface area contributed by atoms with Crippen LogP contribution in [0.1, 0.15) is 0 Å². The van der Waals surface area contributed by atoms with E-state index in [-0.39, 0.29) is 0 Å². The summed E-state index contributed by atoms with van der Waals surface area (Å²) in [7, 11) is 0. The smallest absolute Gasteiger partial charge is 0.0434 e. The first-order chi connectivity index (χ1) is 20.3. The Morgan fingerprint density at radius 2 is 0.951 bits per heavy atom. The molecule has 0 N–H and O–H groups in total. The van der Waals surface area contributed by atoms with E-state index in [0.29, 0.717) is 0 Å². The van der Waals surface area contributed by atoms with Gasteiger partial charge in [0.25, 0.3) is 0 Å². The standard InChI is InChI=1S/C40H24S/c1-2-11-26-22-27(21-20-25(26)10-1)36-23-28-24-37(35-18-9-17-34-31-14-7-8-19-38(31)41-40(34)35)30-13-4-6-16-33(30)39(28)32-15-5-3-12-29(32)36/h1-24H. The van der Waals surface area contributed by atoms with Crippen LogP contribution >= 0.6 is 11.3 Å². The molecule has 0 bridgehead atoms. The van der Waals surface area contributed by atoms with Gasteiger partial charge < -0.3 is 0 Å². The van der Waals surface area contributed by atoms with Crippen LogP contribution in [0.2, 0.25) is 0 Å². The van der Waals surface area contributed by atoms with Crippen LogP contribution in [0.25, 0.3) is 85.5 Å². The highest BCUT2D eigenvalue weighted by molar-refractivity contribution is 7.26. The van der Waals surface area contributed by atoms with Crippen molar-refractivity contribution in [3.8, 4) is 22.3 Å². The molecule has 0 saturated carbocycles. The summed E-state index contributed by atoms with van der Waals surface area (Å²) >= 11 is 1.90. The first kappa shape index (κ1) is 22.8. The Morgan fingerprint density at radius 1 is 0.341 bits per heavy atom. The molecule has 0 unspecified atom stereocenters. The van der Waals surface area contributed by atoms with Crippen molar-refractivity contribution in [3.05, 3.63) is 146 Å². The second-order valence-electron chi connectivity index (χ2n) is 10.9. The number of hydrogen-bond acceptors (Lipinski definition) is 1. The van der Waals surface area contributed by atoms with E-state index in [2.05, 4.69) is 146 Å². The average molecular weight is 537 g/mol. The molecule has 0 fully saturated rings. The third-order valence-corrected chi connectivity index (χ3v) is 9.84. The summed E-state index contributed by atoms with van der Waals surface area (Å²) in [6.07, 6.45) is 0. The van der Waals surface area contributed by atoms with E-state index in [9.17, 15) is 0 Å². The second kappa shape index (κ2) is 8.76. The Balaban J connectivity index is 1.41. The van der Waals surface area contributed by atoms with Gasteiger partial charge in [0.15, 0.2) is 0 Å². The predicted molar refractivity (Wildman–Crippen MR) is 180 cm³/mol. The summed E-state index contributed by atoms with van der Waals surface area (Å²) in [5.41, 5.74) is 5.13. The fourth-order valence-electron chi connectivity index (χ4n) is 6.76. The molecular weight excluding hydrogens is 513 g/mol. The Morgan fingerprint density at radius 3 is 1.76 bits per heavy atom. The molecule has 0 radical (unpaired) electrons. The van der Waals surface area contributed by atoms with E-state index < -0.39 is 0 Å². The Hall–Kier alpha value is -4.98. The lowest BCUT2D eigenvalue weighted by molar-refractivity contribution is 1.69. The summed E-state index contributed by atoms with van der Waals surface area (Å²) in [6, 6.07) is 53.8. The molecule has 0 aliphatic carbocycles. The van der Waals surface area contributed by atoms with E-state index >= 15 is 0 Å². The van der Waals surface area contributed by atoms with E-state index in [1.165, 1.54) is 85.5 Å². The van der Waals surface area contributed by atoms with E-state index in [4.69, 9.17) is 0 Å². The van der Waals surface area contributed by atoms with Crippen molar-refractivity contribution in [1.29, 1.82) is 0 Å². The summed E-state index contributed by atoms with van der Waals surface area (Å²) in [4.78, 5) is 0. The minimum absolute atomic E-state index is 1.25. The molecule has 1 aromatic heterocycles. The maximum Gasteiger partial charge on any atom is 0.0434 e. The van der Waals surface area contributed by atoms with Crippen molar-refractivity contribution in [1.82, 2.24) is 0 Å². The summed E-state index contributed by atoms with van der Waals surface area (Å²) in [5.74, 6) is 0. The maximum absolute atomic E-state index is 2.44. The number of rotatable bonds is 2. The monoisotopic (exact) mass is 536 g/mol. The van der Waals surface area contributed by atoms with E-state index in [1.54, 1.807) is 0 Å². The number of thiophene rings is 1. The first-order valence-corrected chi connectivity index (χ1v) is 14.9. The van der Waals surface area contributed by atoms with Crippen LogP contribution in [0.5, 0.6) is 0 Å². The summed E-state index contributed by atoms with van der Waals surface area (Å²) in [6.45, 7) is 0. The highest BCUT2D eigenvalue weighted by Gasteiger charge is 2.17. The van der Waals surface area contributed by atoms with Crippen LogP contribution in [0.15, 0.2) is 146 Å². The fraction of sp³-hybridized carbons (Fsp3) is 0. The molecule has 8 aromatic carbocycles. The zero-order valence-corrected chi connectivity index (χ0v) is 23.1. The molecule has 1 heterocycles. The molecule has 0 aliphatic rings. The topological polar surface area (TPSA) is 0 Å².